The van der Waals surface area contributed by atoms with Gasteiger partial charge in [0.2, 0.25) is 5.88 Å². The van der Waals surface area contributed by atoms with Gasteiger partial charge in [0.1, 0.15) is 5.60 Å². The van der Waals surface area contributed by atoms with Crippen LogP contribution in [-0.4, -0.2) is 69.2 Å². The number of aryl methyl sites for hydroxylation is 1. The molecule has 41 heavy (non-hydrogen) atoms. The number of amides is 2. The van der Waals surface area contributed by atoms with Crippen LogP contribution in [0.15, 0.2) is 42.7 Å². The predicted molar refractivity (Wildman–Crippen MR) is 155 cm³/mol. The average molecular weight is 563 g/mol. The third kappa shape index (κ3) is 5.61. The predicted octanol–water partition coefficient (Wildman–Crippen LogP) is 5.43. The lowest BCUT2D eigenvalue weighted by Crippen LogP contribution is -2.59. The first-order valence-corrected chi connectivity index (χ1v) is 13.5. The Balaban J connectivity index is 1.46. The summed E-state index contributed by atoms with van der Waals surface area (Å²) in [5.41, 5.74) is 2.22. The van der Waals surface area contributed by atoms with E-state index in [2.05, 4.69) is 20.2 Å². The molecule has 1 saturated heterocycles. The van der Waals surface area contributed by atoms with Gasteiger partial charge in [-0.2, -0.15) is 0 Å². The SMILES string of the molecule is COc1ccc2c(N3CC(C)N(C(=O)OC(C)(C)C)C(C)C3)ccc(C(=O)Nc3cc(F)c4nc(C)cn4c3)c2n1. The number of imidazole rings is 1. The molecule has 4 heterocycles. The van der Waals surface area contributed by atoms with E-state index in [9.17, 15) is 14.0 Å². The molecular formula is C30H35FN6O4. The Kier molecular flexibility index (Phi) is 7.23. The number of benzene rings is 1. The zero-order valence-electron chi connectivity index (χ0n) is 24.4. The van der Waals surface area contributed by atoms with Crippen molar-refractivity contribution in [2.45, 2.75) is 59.2 Å². The van der Waals surface area contributed by atoms with Gasteiger partial charge in [-0.15, -0.1) is 0 Å². The molecule has 0 spiro atoms. The second-order valence-corrected chi connectivity index (χ2v) is 11.5. The number of pyridine rings is 2. The number of carbonyl (C=O) groups excluding carboxylic acids is 2. The highest BCUT2D eigenvalue weighted by Crippen LogP contribution is 2.33. The normalized spacial score (nSPS) is 17.7. The minimum Gasteiger partial charge on any atom is -0.481 e. The summed E-state index contributed by atoms with van der Waals surface area (Å²) >= 11 is 0. The van der Waals surface area contributed by atoms with Gasteiger partial charge < -0.3 is 24.1 Å². The molecule has 10 nitrogen and oxygen atoms in total. The first kappa shape index (κ1) is 28.1. The zero-order chi connectivity index (χ0) is 29.6. The molecule has 0 radical (unpaired) electrons. The quantitative estimate of drug-likeness (QED) is 0.354. The smallest absolute Gasteiger partial charge is 0.410 e. The highest BCUT2D eigenvalue weighted by Gasteiger charge is 2.36. The van der Waals surface area contributed by atoms with Crippen molar-refractivity contribution in [1.29, 1.82) is 0 Å². The number of carbonyl (C=O) groups is 2. The third-order valence-electron chi connectivity index (χ3n) is 7.01. The number of nitrogens with zero attached hydrogens (tertiary/aromatic N) is 5. The molecule has 1 fully saturated rings. The van der Waals surface area contributed by atoms with Gasteiger partial charge in [-0.1, -0.05) is 0 Å². The Morgan fingerprint density at radius 2 is 1.76 bits per heavy atom. The Morgan fingerprint density at radius 1 is 1.05 bits per heavy atom. The number of methoxy groups -OCH3 is 1. The molecule has 2 atom stereocenters. The van der Waals surface area contributed by atoms with Crippen LogP contribution in [0.4, 0.5) is 20.6 Å². The van der Waals surface area contributed by atoms with E-state index in [-0.39, 0.29) is 23.8 Å². The van der Waals surface area contributed by atoms with E-state index in [0.29, 0.717) is 41.4 Å². The molecule has 1 aliphatic heterocycles. The average Bonchev–Trinajstić information content (AvgIpc) is 3.26. The molecule has 0 aliphatic carbocycles. The van der Waals surface area contributed by atoms with E-state index in [1.165, 1.54) is 13.2 Å². The lowest BCUT2D eigenvalue weighted by molar-refractivity contribution is 0.00567. The van der Waals surface area contributed by atoms with Crippen LogP contribution in [0.1, 0.15) is 50.7 Å². The molecule has 1 aliphatic rings. The maximum Gasteiger partial charge on any atom is 0.410 e. The molecule has 2 amide bonds. The first-order valence-electron chi connectivity index (χ1n) is 13.5. The van der Waals surface area contributed by atoms with E-state index >= 15 is 0 Å². The minimum absolute atomic E-state index is 0.116. The van der Waals surface area contributed by atoms with Crippen molar-refractivity contribution in [3.8, 4) is 5.88 Å². The van der Waals surface area contributed by atoms with Crippen molar-refractivity contribution in [2.75, 3.05) is 30.4 Å². The Labute approximate surface area is 238 Å². The zero-order valence-corrected chi connectivity index (χ0v) is 24.4. The van der Waals surface area contributed by atoms with E-state index in [4.69, 9.17) is 9.47 Å². The maximum absolute atomic E-state index is 14.6. The van der Waals surface area contributed by atoms with Gasteiger partial charge in [0.05, 0.1) is 41.7 Å². The van der Waals surface area contributed by atoms with Crippen molar-refractivity contribution in [3.05, 3.63) is 59.8 Å². The van der Waals surface area contributed by atoms with Gasteiger partial charge in [-0.3, -0.25) is 9.69 Å². The highest BCUT2D eigenvalue weighted by molar-refractivity contribution is 6.14. The van der Waals surface area contributed by atoms with E-state index in [1.54, 1.807) is 40.8 Å². The van der Waals surface area contributed by atoms with E-state index in [0.717, 1.165) is 11.1 Å². The van der Waals surface area contributed by atoms with Crippen LogP contribution in [0.3, 0.4) is 0 Å². The van der Waals surface area contributed by atoms with Crippen LogP contribution < -0.4 is 15.0 Å². The van der Waals surface area contributed by atoms with E-state index in [1.807, 2.05) is 46.8 Å². The standard InChI is InChI=1S/C30H35FN6O4/c1-17-13-36-16-20(12-23(31)27(36)32-17)33-28(38)22-8-10-24(21-9-11-25(40-7)34-26(21)22)35-14-18(2)37(19(3)15-35)29(39)41-30(4,5)6/h8-13,16,18-19H,14-15H2,1-7H3,(H,33,38). The van der Waals surface area contributed by atoms with Crippen molar-refractivity contribution in [1.82, 2.24) is 19.3 Å². The molecule has 3 aromatic heterocycles. The summed E-state index contributed by atoms with van der Waals surface area (Å²) in [6, 6.07) is 8.24. The fourth-order valence-corrected chi connectivity index (χ4v) is 5.40. The number of hydrogen-bond donors (Lipinski definition) is 1. The van der Waals surface area contributed by atoms with Gasteiger partial charge in [0.15, 0.2) is 11.5 Å². The van der Waals surface area contributed by atoms with Crippen molar-refractivity contribution in [3.63, 3.8) is 0 Å². The van der Waals surface area contributed by atoms with Gasteiger partial charge in [-0.05, 0) is 59.7 Å². The van der Waals surface area contributed by atoms with Gasteiger partial charge in [0, 0.05) is 48.7 Å². The van der Waals surface area contributed by atoms with Crippen LogP contribution in [0.2, 0.25) is 0 Å². The van der Waals surface area contributed by atoms with Crippen molar-refractivity contribution >= 4 is 39.9 Å². The maximum atomic E-state index is 14.6. The number of rotatable bonds is 4. The molecule has 0 bridgehead atoms. The monoisotopic (exact) mass is 562 g/mol. The number of ether oxygens (including phenoxy) is 2. The number of fused-ring (bicyclic) bond motifs is 2. The Morgan fingerprint density at radius 3 is 2.41 bits per heavy atom. The van der Waals surface area contributed by atoms with Crippen LogP contribution in [-0.2, 0) is 4.74 Å². The lowest BCUT2D eigenvalue weighted by atomic mass is 10.0. The molecule has 2 unspecified atom stereocenters. The lowest BCUT2D eigenvalue weighted by Gasteiger charge is -2.45. The molecule has 11 heteroatoms. The first-order chi connectivity index (χ1) is 19.3. The molecule has 1 N–H and O–H groups in total. The highest BCUT2D eigenvalue weighted by atomic mass is 19.1. The van der Waals surface area contributed by atoms with E-state index < -0.39 is 17.3 Å². The van der Waals surface area contributed by atoms with Gasteiger partial charge in [0.25, 0.3) is 5.91 Å². The fraction of sp³-hybridized carbons (Fsp3) is 0.400. The van der Waals surface area contributed by atoms with Crippen LogP contribution in [0, 0.1) is 12.7 Å². The number of aromatic nitrogens is 3. The number of anilines is 2. The second-order valence-electron chi connectivity index (χ2n) is 11.5. The minimum atomic E-state index is -0.583. The number of piperazine rings is 1. The Bertz CT molecular complexity index is 1630. The van der Waals surface area contributed by atoms with Crippen molar-refractivity contribution in [2.24, 2.45) is 0 Å². The summed E-state index contributed by atoms with van der Waals surface area (Å²) in [4.78, 5) is 39.2. The summed E-state index contributed by atoms with van der Waals surface area (Å²) in [7, 11) is 1.52. The van der Waals surface area contributed by atoms with Gasteiger partial charge >= 0.3 is 6.09 Å². The summed E-state index contributed by atoms with van der Waals surface area (Å²) in [6.07, 6.45) is 2.98. The molecule has 4 aromatic rings. The number of nitrogens with one attached hydrogen (secondary N) is 1. The Hall–Kier alpha value is -4.41. The molecule has 216 valence electrons. The number of halogens is 1. The second kappa shape index (κ2) is 10.5. The topological polar surface area (TPSA) is 101 Å². The van der Waals surface area contributed by atoms with Crippen molar-refractivity contribution < 1.29 is 23.5 Å². The van der Waals surface area contributed by atoms with Gasteiger partial charge in [-0.25, -0.2) is 19.2 Å². The molecule has 0 saturated carbocycles. The summed E-state index contributed by atoms with van der Waals surface area (Å²) in [5, 5.41) is 3.56. The largest absolute Gasteiger partial charge is 0.481 e. The number of hydrogen-bond acceptors (Lipinski definition) is 7. The van der Waals surface area contributed by atoms with Crippen LogP contribution >= 0.6 is 0 Å². The summed E-state index contributed by atoms with van der Waals surface area (Å²) in [6.45, 7) is 12.5. The fourth-order valence-electron chi connectivity index (χ4n) is 5.40. The van der Waals surface area contributed by atoms with Crippen LogP contribution in [0.25, 0.3) is 16.6 Å². The summed E-state index contributed by atoms with van der Waals surface area (Å²) in [5.74, 6) is -0.611. The molecule has 5 rings (SSSR count). The summed E-state index contributed by atoms with van der Waals surface area (Å²) < 4.78 is 27.2. The van der Waals surface area contributed by atoms with Crippen LogP contribution in [0.5, 0.6) is 5.88 Å². The molecule has 1 aromatic carbocycles. The third-order valence-corrected chi connectivity index (χ3v) is 7.01. The molecular weight excluding hydrogens is 527 g/mol.